The number of hydrogen-bond donors (Lipinski definition) is 2. The van der Waals surface area contributed by atoms with Crippen LogP contribution in [0.3, 0.4) is 0 Å². The summed E-state index contributed by atoms with van der Waals surface area (Å²) in [6, 6.07) is -0.368. The Morgan fingerprint density at radius 2 is 2.20 bits per heavy atom. The topological polar surface area (TPSA) is 58.2 Å². The lowest BCUT2D eigenvalue weighted by Gasteiger charge is -2.26. The molecule has 0 spiro atoms. The molecule has 0 radical (unpaired) electrons. The Kier molecular flexibility index (Phi) is 2.85. The van der Waals surface area contributed by atoms with E-state index in [4.69, 9.17) is 0 Å². The molecule has 0 saturated carbocycles. The Hall–Kier alpha value is -1.58. The van der Waals surface area contributed by atoms with Crippen molar-refractivity contribution in [2.75, 3.05) is 6.54 Å². The Bertz CT molecular complexity index is 333. The monoisotopic (exact) mass is 206 g/mol. The minimum absolute atomic E-state index is 0.0717. The highest BCUT2D eigenvalue weighted by atomic mass is 16.2. The lowest BCUT2D eigenvalue weighted by atomic mass is 9.92. The molecule has 2 N–H and O–H groups in total. The van der Waals surface area contributed by atoms with Crippen molar-refractivity contribution in [2.45, 2.75) is 18.9 Å². The third-order valence-corrected chi connectivity index (χ3v) is 2.68. The number of carbonyl (C=O) groups excluding carboxylic acids is 2. The summed E-state index contributed by atoms with van der Waals surface area (Å²) in [5.41, 5.74) is 0. The predicted octanol–water partition coefficient (Wildman–Crippen LogP) is 0.123. The molecule has 2 rings (SSSR count). The third kappa shape index (κ3) is 2.46. The normalized spacial score (nSPS) is 29.9. The Labute approximate surface area is 88.4 Å². The first kappa shape index (κ1) is 9.96. The number of allylic oxidation sites excluding steroid dienone is 4. The Morgan fingerprint density at radius 1 is 1.33 bits per heavy atom. The maximum atomic E-state index is 11.4. The summed E-state index contributed by atoms with van der Waals surface area (Å²) in [6.07, 6.45) is 9.75. The molecule has 2 aliphatic rings. The van der Waals surface area contributed by atoms with Gasteiger partial charge in [-0.3, -0.25) is 9.59 Å². The molecule has 80 valence electrons. The molecular formula is C11H14N2O2. The van der Waals surface area contributed by atoms with E-state index < -0.39 is 0 Å². The zero-order valence-electron chi connectivity index (χ0n) is 8.40. The number of piperazine rings is 1. The smallest absolute Gasteiger partial charge is 0.243 e. The zero-order chi connectivity index (χ0) is 10.7. The molecule has 2 amide bonds. The van der Waals surface area contributed by atoms with Crippen LogP contribution in [0.4, 0.5) is 0 Å². The average molecular weight is 206 g/mol. The molecule has 1 fully saturated rings. The molecule has 0 aromatic heterocycles. The molecular weight excluding hydrogens is 192 g/mol. The SMILES string of the molecule is O=C1CNC(=O)[C@H](CC2C=CC=CC2)N1. The van der Waals surface area contributed by atoms with Crippen LogP contribution in [0.1, 0.15) is 12.8 Å². The maximum Gasteiger partial charge on any atom is 0.243 e. The highest BCUT2D eigenvalue weighted by Gasteiger charge is 2.27. The number of carbonyl (C=O) groups is 2. The highest BCUT2D eigenvalue weighted by Crippen LogP contribution is 2.18. The van der Waals surface area contributed by atoms with Gasteiger partial charge in [0.1, 0.15) is 6.04 Å². The maximum absolute atomic E-state index is 11.4. The van der Waals surface area contributed by atoms with Crippen molar-refractivity contribution in [3.8, 4) is 0 Å². The van der Waals surface area contributed by atoms with Crippen LogP contribution in [0.5, 0.6) is 0 Å². The second-order valence-electron chi connectivity index (χ2n) is 3.88. The van der Waals surface area contributed by atoms with Crippen molar-refractivity contribution in [3.63, 3.8) is 0 Å². The first-order chi connectivity index (χ1) is 7.25. The average Bonchev–Trinajstić information content (AvgIpc) is 2.25. The zero-order valence-corrected chi connectivity index (χ0v) is 8.40. The molecule has 4 heteroatoms. The summed E-state index contributed by atoms with van der Waals surface area (Å²) in [6.45, 7) is 0.107. The van der Waals surface area contributed by atoms with Gasteiger partial charge in [0.15, 0.2) is 0 Å². The van der Waals surface area contributed by atoms with E-state index >= 15 is 0 Å². The summed E-state index contributed by atoms with van der Waals surface area (Å²) in [7, 11) is 0. The quantitative estimate of drug-likeness (QED) is 0.674. The molecule has 1 heterocycles. The molecule has 4 nitrogen and oxygen atoms in total. The lowest BCUT2D eigenvalue weighted by molar-refractivity contribution is -0.134. The van der Waals surface area contributed by atoms with Crippen LogP contribution in [0.2, 0.25) is 0 Å². The van der Waals surface area contributed by atoms with E-state index in [1.54, 1.807) is 0 Å². The fourth-order valence-electron chi connectivity index (χ4n) is 1.88. The number of hydrogen-bond acceptors (Lipinski definition) is 2. The van der Waals surface area contributed by atoms with Crippen LogP contribution in [0.25, 0.3) is 0 Å². The summed E-state index contributed by atoms with van der Waals surface area (Å²) in [4.78, 5) is 22.5. The van der Waals surface area contributed by atoms with E-state index in [2.05, 4.69) is 22.8 Å². The minimum atomic E-state index is -0.368. The van der Waals surface area contributed by atoms with Gasteiger partial charge in [-0.25, -0.2) is 0 Å². The van der Waals surface area contributed by atoms with Crippen molar-refractivity contribution in [3.05, 3.63) is 24.3 Å². The molecule has 1 aliphatic carbocycles. The first-order valence-electron chi connectivity index (χ1n) is 5.16. The van der Waals surface area contributed by atoms with Gasteiger partial charge in [0.25, 0.3) is 0 Å². The summed E-state index contributed by atoms with van der Waals surface area (Å²) in [5, 5.41) is 5.28. The van der Waals surface area contributed by atoms with Gasteiger partial charge >= 0.3 is 0 Å². The number of rotatable bonds is 2. The van der Waals surface area contributed by atoms with Gasteiger partial charge in [-0.15, -0.1) is 0 Å². The standard InChI is InChI=1S/C11H14N2O2/c14-10-7-12-11(15)9(13-10)6-8-4-2-1-3-5-8/h1-4,8-9H,5-7H2,(H,12,15)(H,13,14)/t8?,9-/m0/s1. The molecule has 0 aromatic rings. The lowest BCUT2D eigenvalue weighted by Crippen LogP contribution is -2.56. The van der Waals surface area contributed by atoms with Gasteiger partial charge in [0, 0.05) is 0 Å². The fraction of sp³-hybridized carbons (Fsp3) is 0.455. The van der Waals surface area contributed by atoms with Crippen molar-refractivity contribution in [2.24, 2.45) is 5.92 Å². The van der Waals surface area contributed by atoms with Crippen LogP contribution in [-0.4, -0.2) is 24.4 Å². The Balaban J connectivity index is 1.92. The van der Waals surface area contributed by atoms with Crippen LogP contribution in [0, 0.1) is 5.92 Å². The molecule has 15 heavy (non-hydrogen) atoms. The van der Waals surface area contributed by atoms with Crippen molar-refractivity contribution >= 4 is 11.8 Å². The third-order valence-electron chi connectivity index (χ3n) is 2.68. The highest BCUT2D eigenvalue weighted by molar-refractivity contribution is 5.94. The molecule has 1 saturated heterocycles. The van der Waals surface area contributed by atoms with Gasteiger partial charge in [0.05, 0.1) is 6.54 Å². The van der Waals surface area contributed by atoms with E-state index in [0.29, 0.717) is 12.3 Å². The van der Waals surface area contributed by atoms with Crippen LogP contribution >= 0.6 is 0 Å². The predicted molar refractivity (Wildman–Crippen MR) is 55.9 cm³/mol. The van der Waals surface area contributed by atoms with Crippen molar-refractivity contribution in [1.29, 1.82) is 0 Å². The van der Waals surface area contributed by atoms with Gasteiger partial charge in [0.2, 0.25) is 11.8 Å². The van der Waals surface area contributed by atoms with Gasteiger partial charge in [-0.1, -0.05) is 24.3 Å². The first-order valence-corrected chi connectivity index (χ1v) is 5.16. The van der Waals surface area contributed by atoms with E-state index in [0.717, 1.165) is 6.42 Å². The van der Waals surface area contributed by atoms with E-state index in [-0.39, 0.29) is 24.4 Å². The van der Waals surface area contributed by atoms with Crippen molar-refractivity contribution < 1.29 is 9.59 Å². The molecule has 2 atom stereocenters. The van der Waals surface area contributed by atoms with Gasteiger partial charge in [-0.05, 0) is 18.8 Å². The molecule has 1 unspecified atom stereocenters. The molecule has 0 bridgehead atoms. The van der Waals surface area contributed by atoms with E-state index in [1.165, 1.54) is 0 Å². The number of amides is 2. The number of nitrogens with one attached hydrogen (secondary N) is 2. The second-order valence-corrected chi connectivity index (χ2v) is 3.88. The van der Waals surface area contributed by atoms with E-state index in [9.17, 15) is 9.59 Å². The van der Waals surface area contributed by atoms with Crippen LogP contribution in [0.15, 0.2) is 24.3 Å². The summed E-state index contributed by atoms with van der Waals surface area (Å²) >= 11 is 0. The summed E-state index contributed by atoms with van der Waals surface area (Å²) < 4.78 is 0. The minimum Gasteiger partial charge on any atom is -0.345 e. The summed E-state index contributed by atoms with van der Waals surface area (Å²) in [5.74, 6) is 0.177. The molecule has 1 aliphatic heterocycles. The van der Waals surface area contributed by atoms with Gasteiger partial charge in [-0.2, -0.15) is 0 Å². The largest absolute Gasteiger partial charge is 0.345 e. The van der Waals surface area contributed by atoms with Crippen molar-refractivity contribution in [1.82, 2.24) is 10.6 Å². The Morgan fingerprint density at radius 3 is 2.93 bits per heavy atom. The molecule has 0 aromatic carbocycles. The second kappa shape index (κ2) is 4.29. The van der Waals surface area contributed by atoms with Crippen LogP contribution < -0.4 is 10.6 Å². The van der Waals surface area contributed by atoms with E-state index in [1.807, 2.05) is 12.2 Å². The fourth-order valence-corrected chi connectivity index (χ4v) is 1.88. The van der Waals surface area contributed by atoms with Gasteiger partial charge < -0.3 is 10.6 Å². The van der Waals surface area contributed by atoms with Crippen LogP contribution in [-0.2, 0) is 9.59 Å².